The lowest BCUT2D eigenvalue weighted by Gasteiger charge is -2.09. The minimum atomic E-state index is -3.64. The van der Waals surface area contributed by atoms with Crippen molar-refractivity contribution in [3.63, 3.8) is 0 Å². The van der Waals surface area contributed by atoms with Crippen LogP contribution in [0.1, 0.15) is 5.56 Å². The zero-order chi connectivity index (χ0) is 22.0. The first kappa shape index (κ1) is 21.6. The van der Waals surface area contributed by atoms with Gasteiger partial charge >= 0.3 is 0 Å². The molecule has 0 unspecified atom stereocenters. The zero-order valence-corrected chi connectivity index (χ0v) is 19.4. The highest BCUT2D eigenvalue weighted by Crippen LogP contribution is 2.30. The number of nitrogens with one attached hydrogen (secondary N) is 2. The normalized spacial score (nSPS) is 11.3. The molecule has 5 nitrogen and oxygen atoms in total. The first-order valence-corrected chi connectivity index (χ1v) is 12.3. The Morgan fingerprint density at radius 1 is 0.871 bits per heavy atom. The summed E-state index contributed by atoms with van der Waals surface area (Å²) in [5.41, 5.74) is 3.87. The van der Waals surface area contributed by atoms with Crippen LogP contribution in [0.3, 0.4) is 0 Å². The topological polar surface area (TPSA) is 71.1 Å². The molecule has 31 heavy (non-hydrogen) atoms. The molecule has 0 atom stereocenters. The van der Waals surface area contributed by atoms with E-state index < -0.39 is 10.0 Å². The van der Waals surface area contributed by atoms with Gasteiger partial charge in [-0.05, 0) is 49.4 Å². The highest BCUT2D eigenvalue weighted by atomic mass is 35.5. The van der Waals surface area contributed by atoms with Gasteiger partial charge in [-0.1, -0.05) is 53.0 Å². The third-order valence-corrected chi connectivity index (χ3v) is 6.97. The number of rotatable bonds is 6. The van der Waals surface area contributed by atoms with Crippen molar-refractivity contribution in [3.05, 3.63) is 87.7 Å². The second-order valence-corrected chi connectivity index (χ2v) is 10.2. The maximum absolute atomic E-state index is 12.5. The van der Waals surface area contributed by atoms with Crippen molar-refractivity contribution in [3.8, 4) is 11.3 Å². The zero-order valence-electron chi connectivity index (χ0n) is 16.3. The average molecular weight is 490 g/mol. The molecule has 0 bridgehead atoms. The summed E-state index contributed by atoms with van der Waals surface area (Å²) in [5.74, 6) is 0. The Bertz CT molecular complexity index is 1300. The minimum Gasteiger partial charge on any atom is -0.331 e. The Balaban J connectivity index is 1.48. The first-order chi connectivity index (χ1) is 14.8. The van der Waals surface area contributed by atoms with Crippen LogP contribution in [0.4, 0.5) is 16.5 Å². The fourth-order valence-electron chi connectivity index (χ4n) is 2.85. The van der Waals surface area contributed by atoms with Crippen molar-refractivity contribution in [1.29, 1.82) is 0 Å². The second-order valence-electron chi connectivity index (χ2n) is 6.82. The van der Waals surface area contributed by atoms with Crippen LogP contribution in [0.5, 0.6) is 0 Å². The van der Waals surface area contributed by atoms with E-state index in [0.717, 1.165) is 22.5 Å². The number of nitrogens with zero attached hydrogens (tertiary/aromatic N) is 1. The lowest BCUT2D eigenvalue weighted by atomic mass is 10.1. The Morgan fingerprint density at radius 2 is 1.52 bits per heavy atom. The Hall–Kier alpha value is -2.58. The summed E-state index contributed by atoms with van der Waals surface area (Å²) in [7, 11) is -3.64. The molecular formula is C22H17Cl2N3O2S2. The van der Waals surface area contributed by atoms with Gasteiger partial charge in [-0.15, -0.1) is 11.3 Å². The lowest BCUT2D eigenvalue weighted by molar-refractivity contribution is 0.601. The summed E-state index contributed by atoms with van der Waals surface area (Å²) < 4.78 is 27.7. The van der Waals surface area contributed by atoms with E-state index in [9.17, 15) is 8.42 Å². The lowest BCUT2D eigenvalue weighted by Crippen LogP contribution is -2.12. The van der Waals surface area contributed by atoms with Crippen LogP contribution in [-0.2, 0) is 10.0 Å². The molecule has 158 valence electrons. The Labute approximate surface area is 194 Å². The van der Waals surface area contributed by atoms with E-state index in [0.29, 0.717) is 20.9 Å². The van der Waals surface area contributed by atoms with Crippen molar-refractivity contribution in [2.45, 2.75) is 11.8 Å². The van der Waals surface area contributed by atoms with Crippen molar-refractivity contribution >= 4 is 61.1 Å². The van der Waals surface area contributed by atoms with Gasteiger partial charge in [0, 0.05) is 32.4 Å². The van der Waals surface area contributed by atoms with E-state index in [1.54, 1.807) is 54.6 Å². The number of halogens is 2. The molecular weight excluding hydrogens is 473 g/mol. The predicted octanol–water partition coefficient (Wildman–Crippen LogP) is 6.97. The molecule has 4 rings (SSSR count). The molecule has 4 aromatic rings. The Morgan fingerprint density at radius 3 is 2.16 bits per heavy atom. The summed E-state index contributed by atoms with van der Waals surface area (Å²) >= 11 is 13.5. The Kier molecular flexibility index (Phi) is 6.20. The van der Waals surface area contributed by atoms with E-state index in [1.807, 2.05) is 24.4 Å². The molecule has 0 amide bonds. The average Bonchev–Trinajstić information content (AvgIpc) is 3.16. The number of sulfonamides is 1. The SMILES string of the molecule is Cc1ccc(S(=O)(=O)Nc2ccc(-c3csc(Nc4cc(Cl)cc(Cl)c4)n3)cc2)cc1. The van der Waals surface area contributed by atoms with Crippen LogP contribution in [0.25, 0.3) is 11.3 Å². The summed E-state index contributed by atoms with van der Waals surface area (Å²) in [5, 5.41) is 6.87. The fourth-order valence-corrected chi connectivity index (χ4v) is 5.18. The van der Waals surface area contributed by atoms with Gasteiger partial charge in [-0.2, -0.15) is 0 Å². The number of aromatic nitrogens is 1. The summed E-state index contributed by atoms with van der Waals surface area (Å²) in [6, 6.07) is 19.0. The quantitative estimate of drug-likeness (QED) is 0.306. The first-order valence-electron chi connectivity index (χ1n) is 9.17. The summed E-state index contributed by atoms with van der Waals surface area (Å²) in [6.45, 7) is 1.91. The number of aryl methyl sites for hydroxylation is 1. The molecule has 9 heteroatoms. The van der Waals surface area contributed by atoms with Gasteiger partial charge in [0.15, 0.2) is 5.13 Å². The molecule has 1 aromatic heterocycles. The van der Waals surface area contributed by atoms with Crippen molar-refractivity contribution < 1.29 is 8.42 Å². The molecule has 0 aliphatic heterocycles. The molecule has 0 aliphatic rings. The van der Waals surface area contributed by atoms with Gasteiger partial charge < -0.3 is 5.32 Å². The third-order valence-electron chi connectivity index (χ3n) is 4.38. The molecule has 0 spiro atoms. The standard InChI is InChI=1S/C22H17Cl2N3O2S2/c1-14-2-8-20(9-3-14)31(28,29)27-18-6-4-15(5-7-18)21-13-30-22(26-21)25-19-11-16(23)10-17(24)12-19/h2-13,27H,1H3,(H,25,26). The van der Waals surface area contributed by atoms with Gasteiger partial charge in [0.25, 0.3) is 10.0 Å². The van der Waals surface area contributed by atoms with Gasteiger partial charge in [-0.3, -0.25) is 4.72 Å². The molecule has 0 saturated carbocycles. The van der Waals surface area contributed by atoms with Crippen LogP contribution in [0.2, 0.25) is 10.0 Å². The molecule has 0 fully saturated rings. The molecule has 0 aliphatic carbocycles. The van der Waals surface area contributed by atoms with Crippen LogP contribution in [-0.4, -0.2) is 13.4 Å². The largest absolute Gasteiger partial charge is 0.331 e. The summed E-state index contributed by atoms with van der Waals surface area (Å²) in [4.78, 5) is 4.80. The van der Waals surface area contributed by atoms with E-state index in [1.165, 1.54) is 11.3 Å². The van der Waals surface area contributed by atoms with Crippen molar-refractivity contribution in [2.24, 2.45) is 0 Å². The number of benzene rings is 3. The van der Waals surface area contributed by atoms with Gasteiger partial charge in [0.2, 0.25) is 0 Å². The van der Waals surface area contributed by atoms with Crippen LogP contribution in [0, 0.1) is 6.92 Å². The highest BCUT2D eigenvalue weighted by molar-refractivity contribution is 7.92. The number of anilines is 3. The third kappa shape index (κ3) is 5.37. The number of thiazole rings is 1. The highest BCUT2D eigenvalue weighted by Gasteiger charge is 2.14. The van der Waals surface area contributed by atoms with Crippen LogP contribution in [0.15, 0.2) is 77.0 Å². The van der Waals surface area contributed by atoms with E-state index >= 15 is 0 Å². The van der Waals surface area contributed by atoms with Gasteiger partial charge in [0.05, 0.1) is 10.6 Å². The molecule has 3 aromatic carbocycles. The van der Waals surface area contributed by atoms with Crippen molar-refractivity contribution in [2.75, 3.05) is 10.0 Å². The van der Waals surface area contributed by atoms with Crippen LogP contribution < -0.4 is 10.0 Å². The van der Waals surface area contributed by atoms with E-state index in [4.69, 9.17) is 23.2 Å². The summed E-state index contributed by atoms with van der Waals surface area (Å²) in [6.07, 6.45) is 0. The van der Waals surface area contributed by atoms with Gasteiger partial charge in [0.1, 0.15) is 0 Å². The van der Waals surface area contributed by atoms with E-state index in [-0.39, 0.29) is 4.90 Å². The maximum Gasteiger partial charge on any atom is 0.261 e. The molecule has 0 radical (unpaired) electrons. The fraction of sp³-hybridized carbons (Fsp3) is 0.0455. The molecule has 2 N–H and O–H groups in total. The number of hydrogen-bond acceptors (Lipinski definition) is 5. The molecule has 1 heterocycles. The van der Waals surface area contributed by atoms with Crippen molar-refractivity contribution in [1.82, 2.24) is 4.98 Å². The van der Waals surface area contributed by atoms with E-state index in [2.05, 4.69) is 15.0 Å². The predicted molar refractivity (Wildman–Crippen MR) is 129 cm³/mol. The second kappa shape index (κ2) is 8.88. The number of hydrogen-bond donors (Lipinski definition) is 2. The molecule has 0 saturated heterocycles. The smallest absolute Gasteiger partial charge is 0.261 e. The van der Waals surface area contributed by atoms with Gasteiger partial charge in [-0.25, -0.2) is 13.4 Å². The minimum absolute atomic E-state index is 0.221. The maximum atomic E-state index is 12.5. The monoisotopic (exact) mass is 489 g/mol. The van der Waals surface area contributed by atoms with Crippen LogP contribution >= 0.6 is 34.5 Å².